The molecule has 0 aliphatic heterocycles. The fraction of sp³-hybridized carbons (Fsp3) is 0.667. The van der Waals surface area contributed by atoms with Crippen LogP contribution in [-0.2, 0) is 18.3 Å². The minimum atomic E-state index is -0.903. The lowest BCUT2D eigenvalue weighted by Gasteiger charge is -2.16. The first kappa shape index (κ1) is 15.9. The average Bonchev–Trinajstić information content (AvgIpc) is 2.74. The zero-order chi connectivity index (χ0) is 15.1. The summed E-state index contributed by atoms with van der Waals surface area (Å²) >= 11 is 0. The lowest BCUT2D eigenvalue weighted by Crippen LogP contribution is -2.41. The molecular weight excluding hydrogens is 262 g/mol. The van der Waals surface area contributed by atoms with Gasteiger partial charge in [0.25, 0.3) is 0 Å². The van der Waals surface area contributed by atoms with Gasteiger partial charge in [-0.1, -0.05) is 13.8 Å². The highest BCUT2D eigenvalue weighted by Crippen LogP contribution is 2.09. The van der Waals surface area contributed by atoms with E-state index in [4.69, 9.17) is 5.11 Å². The predicted octanol–water partition coefficient (Wildman–Crippen LogP) is 0.0136. The molecule has 0 aromatic carbocycles. The zero-order valence-corrected chi connectivity index (χ0v) is 12.0. The maximum atomic E-state index is 11.5. The molecule has 0 aliphatic carbocycles. The van der Waals surface area contributed by atoms with Crippen molar-refractivity contribution in [3.63, 3.8) is 0 Å². The fourth-order valence-corrected chi connectivity index (χ4v) is 1.69. The number of aromatic nitrogens is 3. The molecule has 0 aliphatic rings. The Morgan fingerprint density at radius 3 is 2.60 bits per heavy atom. The van der Waals surface area contributed by atoms with Crippen molar-refractivity contribution >= 4 is 12.0 Å². The number of carboxylic acid groups (broad SMARTS) is 1. The van der Waals surface area contributed by atoms with Gasteiger partial charge in [-0.05, 0) is 5.92 Å². The van der Waals surface area contributed by atoms with Crippen LogP contribution in [0.15, 0.2) is 6.33 Å². The normalized spacial score (nSPS) is 12.2. The second-order valence-electron chi connectivity index (χ2n) is 4.93. The molecule has 1 aromatic heterocycles. The first-order chi connectivity index (χ1) is 9.41. The van der Waals surface area contributed by atoms with Crippen LogP contribution in [0, 0.1) is 11.8 Å². The number of carbonyl (C=O) groups excluding carboxylic acids is 1. The van der Waals surface area contributed by atoms with Crippen LogP contribution in [0.4, 0.5) is 4.79 Å². The van der Waals surface area contributed by atoms with Crippen LogP contribution in [0.5, 0.6) is 0 Å². The van der Waals surface area contributed by atoms with Gasteiger partial charge in [0.05, 0.1) is 5.92 Å². The van der Waals surface area contributed by atoms with E-state index in [0.717, 1.165) is 5.82 Å². The lowest BCUT2D eigenvalue weighted by molar-refractivity contribution is -0.142. The summed E-state index contributed by atoms with van der Waals surface area (Å²) in [6, 6.07) is -0.376. The summed E-state index contributed by atoms with van der Waals surface area (Å²) in [6.07, 6.45) is 2.16. The number of hydrogen-bond acceptors (Lipinski definition) is 4. The van der Waals surface area contributed by atoms with Crippen LogP contribution < -0.4 is 10.6 Å². The van der Waals surface area contributed by atoms with Gasteiger partial charge in [-0.15, -0.1) is 10.2 Å². The third-order valence-electron chi connectivity index (χ3n) is 3.04. The summed E-state index contributed by atoms with van der Waals surface area (Å²) in [4.78, 5) is 22.5. The number of carboxylic acids is 1. The van der Waals surface area contributed by atoms with Crippen molar-refractivity contribution in [1.82, 2.24) is 25.4 Å². The number of rotatable bonds is 7. The van der Waals surface area contributed by atoms with Crippen LogP contribution in [0.1, 0.15) is 19.7 Å². The molecule has 0 fully saturated rings. The minimum Gasteiger partial charge on any atom is -0.481 e. The maximum Gasteiger partial charge on any atom is 0.314 e. The van der Waals surface area contributed by atoms with Crippen LogP contribution in [0.3, 0.4) is 0 Å². The topological polar surface area (TPSA) is 109 Å². The highest BCUT2D eigenvalue weighted by molar-refractivity contribution is 5.75. The second-order valence-corrected chi connectivity index (χ2v) is 4.93. The maximum absolute atomic E-state index is 11.5. The number of amides is 2. The molecule has 1 unspecified atom stereocenters. The molecular formula is C12H21N5O3. The van der Waals surface area contributed by atoms with Crippen LogP contribution in [-0.4, -0.2) is 45.0 Å². The van der Waals surface area contributed by atoms with E-state index in [1.807, 2.05) is 20.9 Å². The molecule has 0 radical (unpaired) electrons. The summed E-state index contributed by atoms with van der Waals surface area (Å²) in [6.45, 7) is 4.15. The summed E-state index contributed by atoms with van der Waals surface area (Å²) in [5, 5.41) is 21.9. The minimum absolute atomic E-state index is 0.0357. The van der Waals surface area contributed by atoms with Gasteiger partial charge >= 0.3 is 12.0 Å². The van der Waals surface area contributed by atoms with Gasteiger partial charge in [-0.25, -0.2) is 4.79 Å². The van der Waals surface area contributed by atoms with E-state index in [1.54, 1.807) is 10.9 Å². The molecule has 8 nitrogen and oxygen atoms in total. The largest absolute Gasteiger partial charge is 0.481 e. The van der Waals surface area contributed by atoms with E-state index in [2.05, 4.69) is 20.8 Å². The third kappa shape index (κ3) is 4.87. The predicted molar refractivity (Wildman–Crippen MR) is 72.1 cm³/mol. The van der Waals surface area contributed by atoms with Gasteiger partial charge in [0.15, 0.2) is 0 Å². The number of urea groups is 1. The SMILES string of the molecule is CC(C)C(CNC(=O)NCCc1nncn1C)C(=O)O. The summed E-state index contributed by atoms with van der Waals surface area (Å²) < 4.78 is 1.78. The van der Waals surface area contributed by atoms with Crippen molar-refractivity contribution < 1.29 is 14.7 Å². The van der Waals surface area contributed by atoms with Crippen LogP contribution in [0.2, 0.25) is 0 Å². The van der Waals surface area contributed by atoms with Crippen LogP contribution in [0.25, 0.3) is 0 Å². The summed E-state index contributed by atoms with van der Waals surface area (Å²) in [5.41, 5.74) is 0. The van der Waals surface area contributed by atoms with Gasteiger partial charge in [0, 0.05) is 26.6 Å². The number of nitrogens with zero attached hydrogens (tertiary/aromatic N) is 3. The summed E-state index contributed by atoms with van der Waals surface area (Å²) in [7, 11) is 1.83. The first-order valence-electron chi connectivity index (χ1n) is 6.49. The Kier molecular flexibility index (Phi) is 5.95. The Balaban J connectivity index is 2.27. The molecule has 3 N–H and O–H groups in total. The smallest absolute Gasteiger partial charge is 0.314 e. The van der Waals surface area contributed by atoms with Crippen molar-refractivity contribution in [2.24, 2.45) is 18.9 Å². The van der Waals surface area contributed by atoms with Gasteiger partial charge in [0.2, 0.25) is 0 Å². The molecule has 1 aromatic rings. The molecule has 0 bridgehead atoms. The van der Waals surface area contributed by atoms with E-state index in [9.17, 15) is 9.59 Å². The number of aliphatic carboxylic acids is 1. The average molecular weight is 283 g/mol. The first-order valence-corrected chi connectivity index (χ1v) is 6.49. The van der Waals surface area contributed by atoms with Crippen molar-refractivity contribution in [3.8, 4) is 0 Å². The monoisotopic (exact) mass is 283 g/mol. The highest BCUT2D eigenvalue weighted by atomic mass is 16.4. The number of aryl methyl sites for hydroxylation is 1. The molecule has 0 saturated heterocycles. The quantitative estimate of drug-likeness (QED) is 0.653. The number of nitrogens with one attached hydrogen (secondary N) is 2. The van der Waals surface area contributed by atoms with Crippen LogP contribution >= 0.6 is 0 Å². The highest BCUT2D eigenvalue weighted by Gasteiger charge is 2.21. The van der Waals surface area contributed by atoms with Gasteiger partial charge in [0.1, 0.15) is 12.2 Å². The molecule has 2 amide bonds. The summed E-state index contributed by atoms with van der Waals surface area (Å²) in [5.74, 6) is -0.749. The van der Waals surface area contributed by atoms with Crippen molar-refractivity contribution in [1.29, 1.82) is 0 Å². The molecule has 1 atom stereocenters. The Morgan fingerprint density at radius 1 is 1.40 bits per heavy atom. The number of carbonyl (C=O) groups is 2. The van der Waals surface area contributed by atoms with E-state index >= 15 is 0 Å². The third-order valence-corrected chi connectivity index (χ3v) is 3.04. The van der Waals surface area contributed by atoms with Crippen molar-refractivity contribution in [3.05, 3.63) is 12.2 Å². The zero-order valence-electron chi connectivity index (χ0n) is 12.0. The van der Waals surface area contributed by atoms with Gasteiger partial charge in [-0.3, -0.25) is 4.79 Å². The fourth-order valence-electron chi connectivity index (χ4n) is 1.69. The molecule has 112 valence electrons. The van der Waals surface area contributed by atoms with E-state index < -0.39 is 11.9 Å². The molecule has 8 heteroatoms. The Labute approximate surface area is 117 Å². The Hall–Kier alpha value is -2.12. The second kappa shape index (κ2) is 7.46. The van der Waals surface area contributed by atoms with E-state index in [1.165, 1.54) is 0 Å². The standard InChI is InChI=1S/C12H21N5O3/c1-8(2)9(11(18)19)6-14-12(20)13-5-4-10-16-15-7-17(10)3/h7-9H,4-6H2,1-3H3,(H,18,19)(H2,13,14,20). The molecule has 1 rings (SSSR count). The lowest BCUT2D eigenvalue weighted by atomic mass is 9.96. The molecule has 0 spiro atoms. The van der Waals surface area contributed by atoms with Gasteiger partial charge < -0.3 is 20.3 Å². The van der Waals surface area contributed by atoms with Crippen molar-refractivity contribution in [2.75, 3.05) is 13.1 Å². The van der Waals surface area contributed by atoms with E-state index in [-0.39, 0.29) is 18.5 Å². The Bertz CT molecular complexity index is 458. The van der Waals surface area contributed by atoms with Crippen molar-refractivity contribution in [2.45, 2.75) is 20.3 Å². The van der Waals surface area contributed by atoms with E-state index in [0.29, 0.717) is 13.0 Å². The number of hydrogen-bond donors (Lipinski definition) is 3. The molecule has 20 heavy (non-hydrogen) atoms. The molecule has 1 heterocycles. The molecule has 0 saturated carbocycles. The van der Waals surface area contributed by atoms with Gasteiger partial charge in [-0.2, -0.15) is 0 Å². The Morgan fingerprint density at radius 2 is 2.10 bits per heavy atom.